The Bertz CT molecular complexity index is 671. The molecule has 2 aromatic rings. The summed E-state index contributed by atoms with van der Waals surface area (Å²) < 4.78 is 0. The number of rotatable bonds is 8. The lowest BCUT2D eigenvalue weighted by Gasteiger charge is -2.46. The summed E-state index contributed by atoms with van der Waals surface area (Å²) >= 11 is 0. The average Bonchev–Trinajstić information content (AvgIpc) is 2.72. The lowest BCUT2D eigenvalue weighted by Crippen LogP contribution is -2.91. The average molecular weight is 367 g/mol. The lowest BCUT2D eigenvalue weighted by atomic mass is 9.68. The van der Waals surface area contributed by atoms with Crippen molar-refractivity contribution in [2.75, 3.05) is 0 Å². The Hall–Kier alpha value is -1.64. The molecular formula is C25H36NO+. The van der Waals surface area contributed by atoms with Gasteiger partial charge in [-0.25, -0.2) is 0 Å². The van der Waals surface area contributed by atoms with Crippen LogP contribution in [0.15, 0.2) is 60.7 Å². The van der Waals surface area contributed by atoms with Crippen LogP contribution in [-0.2, 0) is 0 Å². The molecule has 1 aliphatic heterocycles. The number of benzene rings is 2. The van der Waals surface area contributed by atoms with Gasteiger partial charge in [0.2, 0.25) is 0 Å². The van der Waals surface area contributed by atoms with Crippen molar-refractivity contribution >= 4 is 0 Å². The minimum absolute atomic E-state index is 0.293. The Morgan fingerprint density at radius 3 is 2.11 bits per heavy atom. The first-order valence-corrected chi connectivity index (χ1v) is 10.8. The van der Waals surface area contributed by atoms with E-state index < -0.39 is 5.60 Å². The van der Waals surface area contributed by atoms with Gasteiger partial charge in [-0.1, -0.05) is 100 Å². The number of hydrogen-bond donors (Lipinski definition) is 2. The van der Waals surface area contributed by atoms with E-state index in [1.807, 2.05) is 0 Å². The van der Waals surface area contributed by atoms with Gasteiger partial charge in [0.1, 0.15) is 12.1 Å². The van der Waals surface area contributed by atoms with Crippen LogP contribution in [0.25, 0.3) is 0 Å². The van der Waals surface area contributed by atoms with Gasteiger partial charge in [0, 0.05) is 23.5 Å². The quantitative estimate of drug-likeness (QED) is 0.622. The SMILES string of the molecule is CCCCCC[C@]1(O)C[C@@H](c2ccccc2)[NH2+][C@H](c2ccccc2)[C@@H]1CC. The Labute approximate surface area is 165 Å². The molecule has 1 fully saturated rings. The lowest BCUT2D eigenvalue weighted by molar-refractivity contribution is -0.757. The number of unbranched alkanes of at least 4 members (excludes halogenated alkanes) is 3. The molecule has 0 aromatic heterocycles. The Balaban J connectivity index is 1.89. The van der Waals surface area contributed by atoms with Crippen LogP contribution in [0.1, 0.15) is 82.0 Å². The fourth-order valence-electron chi connectivity index (χ4n) is 5.05. The molecule has 0 aliphatic carbocycles. The molecule has 0 bridgehead atoms. The van der Waals surface area contributed by atoms with E-state index in [0.717, 1.165) is 25.7 Å². The van der Waals surface area contributed by atoms with E-state index >= 15 is 0 Å². The normalized spacial score (nSPS) is 28.2. The fourth-order valence-corrected chi connectivity index (χ4v) is 5.05. The van der Waals surface area contributed by atoms with Crippen LogP contribution >= 0.6 is 0 Å². The van der Waals surface area contributed by atoms with E-state index in [2.05, 4.69) is 79.8 Å². The van der Waals surface area contributed by atoms with Gasteiger partial charge < -0.3 is 10.4 Å². The molecule has 4 atom stereocenters. The Morgan fingerprint density at radius 1 is 0.889 bits per heavy atom. The van der Waals surface area contributed by atoms with Crippen molar-refractivity contribution in [1.82, 2.24) is 0 Å². The van der Waals surface area contributed by atoms with Gasteiger partial charge in [0.05, 0.1) is 5.60 Å². The summed E-state index contributed by atoms with van der Waals surface area (Å²) in [6.07, 6.45) is 7.65. The molecule has 2 heteroatoms. The Kier molecular flexibility index (Phi) is 7.09. The summed E-state index contributed by atoms with van der Waals surface area (Å²) in [6, 6.07) is 22.2. The molecule has 0 spiro atoms. The molecule has 27 heavy (non-hydrogen) atoms. The molecule has 146 valence electrons. The number of aliphatic hydroxyl groups is 1. The number of nitrogens with two attached hydrogens (primary N) is 1. The maximum Gasteiger partial charge on any atom is 0.118 e. The predicted molar refractivity (Wildman–Crippen MR) is 112 cm³/mol. The first kappa shape index (κ1) is 20.1. The third-order valence-corrected chi connectivity index (χ3v) is 6.45. The highest BCUT2D eigenvalue weighted by Crippen LogP contribution is 2.43. The maximum absolute atomic E-state index is 11.9. The van der Waals surface area contributed by atoms with E-state index in [1.54, 1.807) is 0 Å². The summed E-state index contributed by atoms with van der Waals surface area (Å²) in [5.74, 6) is 0.293. The van der Waals surface area contributed by atoms with Crippen molar-refractivity contribution in [3.63, 3.8) is 0 Å². The molecule has 0 radical (unpaired) electrons. The first-order valence-electron chi connectivity index (χ1n) is 10.8. The van der Waals surface area contributed by atoms with Crippen LogP contribution in [0.4, 0.5) is 0 Å². The summed E-state index contributed by atoms with van der Waals surface area (Å²) in [7, 11) is 0. The number of piperidine rings is 1. The second-order valence-corrected chi connectivity index (χ2v) is 8.28. The molecule has 3 N–H and O–H groups in total. The van der Waals surface area contributed by atoms with Gasteiger partial charge in [0.25, 0.3) is 0 Å². The summed E-state index contributed by atoms with van der Waals surface area (Å²) in [5, 5.41) is 14.4. The minimum Gasteiger partial charge on any atom is -0.389 e. The van der Waals surface area contributed by atoms with E-state index in [-0.39, 0.29) is 0 Å². The van der Waals surface area contributed by atoms with Crippen molar-refractivity contribution in [3.05, 3.63) is 71.8 Å². The molecule has 1 saturated heterocycles. The zero-order valence-corrected chi connectivity index (χ0v) is 17.0. The van der Waals surface area contributed by atoms with E-state index in [1.165, 1.54) is 30.4 Å². The standard InChI is InChI=1S/C25H35NO/c1-3-5-6-13-18-25(27)19-23(20-14-9-7-10-15-20)26-24(22(25)4-2)21-16-11-8-12-17-21/h7-12,14-17,22-24,26-27H,3-6,13,18-19H2,1-2H3/p+1/t22-,23-,24+,25-/m0/s1. The summed E-state index contributed by atoms with van der Waals surface area (Å²) in [6.45, 7) is 4.49. The predicted octanol–water partition coefficient (Wildman–Crippen LogP) is 5.16. The highest BCUT2D eigenvalue weighted by atomic mass is 16.3. The summed E-state index contributed by atoms with van der Waals surface area (Å²) in [4.78, 5) is 0. The van der Waals surface area contributed by atoms with Crippen LogP contribution in [-0.4, -0.2) is 10.7 Å². The molecule has 1 heterocycles. The van der Waals surface area contributed by atoms with Crippen molar-refractivity contribution in [2.45, 2.75) is 76.5 Å². The minimum atomic E-state index is -0.585. The van der Waals surface area contributed by atoms with Gasteiger partial charge in [-0.3, -0.25) is 0 Å². The number of quaternary nitrogens is 1. The van der Waals surface area contributed by atoms with Crippen LogP contribution in [0.3, 0.4) is 0 Å². The number of hydrogen-bond acceptors (Lipinski definition) is 1. The van der Waals surface area contributed by atoms with Crippen LogP contribution in [0, 0.1) is 5.92 Å². The molecule has 1 aliphatic rings. The Morgan fingerprint density at radius 2 is 1.52 bits per heavy atom. The molecule has 0 saturated carbocycles. The molecule has 0 amide bonds. The van der Waals surface area contributed by atoms with Crippen molar-refractivity contribution in [1.29, 1.82) is 0 Å². The zero-order chi connectivity index (χ0) is 19.1. The second-order valence-electron chi connectivity index (χ2n) is 8.28. The fraction of sp³-hybridized carbons (Fsp3) is 0.520. The monoisotopic (exact) mass is 366 g/mol. The highest BCUT2D eigenvalue weighted by molar-refractivity contribution is 5.22. The van der Waals surface area contributed by atoms with Gasteiger partial charge >= 0.3 is 0 Å². The van der Waals surface area contributed by atoms with Crippen molar-refractivity contribution in [3.8, 4) is 0 Å². The third-order valence-electron chi connectivity index (χ3n) is 6.45. The van der Waals surface area contributed by atoms with Gasteiger partial charge in [-0.05, 0) is 12.8 Å². The molecule has 3 rings (SSSR count). The van der Waals surface area contributed by atoms with Crippen molar-refractivity contribution < 1.29 is 10.4 Å². The zero-order valence-electron chi connectivity index (χ0n) is 17.0. The van der Waals surface area contributed by atoms with Crippen molar-refractivity contribution in [2.24, 2.45) is 5.92 Å². The van der Waals surface area contributed by atoms with E-state index in [9.17, 15) is 5.11 Å². The van der Waals surface area contributed by atoms with Crippen LogP contribution in [0.5, 0.6) is 0 Å². The highest BCUT2D eigenvalue weighted by Gasteiger charge is 2.49. The first-order chi connectivity index (χ1) is 13.2. The van der Waals surface area contributed by atoms with Gasteiger partial charge in [0.15, 0.2) is 0 Å². The van der Waals surface area contributed by atoms with E-state index in [4.69, 9.17) is 0 Å². The van der Waals surface area contributed by atoms with Crippen LogP contribution < -0.4 is 5.32 Å². The van der Waals surface area contributed by atoms with Crippen LogP contribution in [0.2, 0.25) is 0 Å². The van der Waals surface area contributed by atoms with E-state index in [0.29, 0.717) is 18.0 Å². The molecule has 2 nitrogen and oxygen atoms in total. The summed E-state index contributed by atoms with van der Waals surface area (Å²) in [5.41, 5.74) is 2.09. The molecule has 2 aromatic carbocycles. The maximum atomic E-state index is 11.9. The smallest absolute Gasteiger partial charge is 0.118 e. The second kappa shape index (κ2) is 9.52. The molecule has 0 unspecified atom stereocenters. The van der Waals surface area contributed by atoms with Gasteiger partial charge in [-0.2, -0.15) is 0 Å². The molecular weight excluding hydrogens is 330 g/mol. The third kappa shape index (κ3) is 4.80. The van der Waals surface area contributed by atoms with Gasteiger partial charge in [-0.15, -0.1) is 0 Å². The topological polar surface area (TPSA) is 36.8 Å². The largest absolute Gasteiger partial charge is 0.389 e.